The van der Waals surface area contributed by atoms with Crippen molar-refractivity contribution in [3.8, 4) is 0 Å². The Kier molecular flexibility index (Phi) is 3.87. The summed E-state index contributed by atoms with van der Waals surface area (Å²) in [4.78, 5) is 36.7. The van der Waals surface area contributed by atoms with E-state index in [-0.39, 0.29) is 23.6 Å². The van der Waals surface area contributed by atoms with Gasteiger partial charge in [-0.15, -0.1) is 0 Å². The lowest BCUT2D eigenvalue weighted by Crippen LogP contribution is -2.37. The third kappa shape index (κ3) is 2.29. The molecule has 1 amide bonds. The summed E-state index contributed by atoms with van der Waals surface area (Å²) >= 11 is 0. The minimum absolute atomic E-state index is 0.0595. The largest absolute Gasteiger partial charge is 0.466 e. The summed E-state index contributed by atoms with van der Waals surface area (Å²) in [5, 5.41) is 2.95. The van der Waals surface area contributed by atoms with Gasteiger partial charge in [0.1, 0.15) is 0 Å². The van der Waals surface area contributed by atoms with Crippen LogP contribution >= 0.6 is 0 Å². The topological polar surface area (TPSA) is 76.2 Å². The third-order valence-electron chi connectivity index (χ3n) is 3.99. The number of carbonyl (C=O) groups excluding carboxylic acids is 3. The van der Waals surface area contributed by atoms with E-state index in [9.17, 15) is 14.4 Å². The Labute approximate surface area is 133 Å². The summed E-state index contributed by atoms with van der Waals surface area (Å²) in [6, 6.07) is 8.66. The number of ether oxygens (including phenoxy) is 2. The van der Waals surface area contributed by atoms with Gasteiger partial charge in [0.2, 0.25) is 5.91 Å². The molecule has 1 unspecified atom stereocenters. The van der Waals surface area contributed by atoms with Crippen LogP contribution in [0.1, 0.15) is 18.0 Å². The van der Waals surface area contributed by atoms with Gasteiger partial charge in [-0.1, -0.05) is 30.3 Å². The molecule has 7 heteroatoms. The fourth-order valence-corrected chi connectivity index (χ4v) is 3.04. The predicted octanol–water partition coefficient (Wildman–Crippen LogP) is 0.791. The Morgan fingerprint density at radius 2 is 1.74 bits per heavy atom. The molecule has 0 saturated carbocycles. The smallest absolute Gasteiger partial charge is 0.356 e. The number of carbonyl (C=O) groups is 3. The number of fused-ring (bicyclic) bond motifs is 1. The van der Waals surface area contributed by atoms with Crippen LogP contribution in [0, 0.1) is 0 Å². The molecule has 0 spiro atoms. The maximum atomic E-state index is 12.3. The first-order valence-electron chi connectivity index (χ1n) is 7.15. The summed E-state index contributed by atoms with van der Waals surface area (Å²) in [5.74, 6) is -1.63. The van der Waals surface area contributed by atoms with Crippen LogP contribution in [0.15, 0.2) is 41.6 Å². The van der Waals surface area contributed by atoms with Crippen LogP contribution in [-0.4, -0.2) is 48.6 Å². The Balaban J connectivity index is 2.20. The fourth-order valence-electron chi connectivity index (χ4n) is 3.04. The summed E-state index contributed by atoms with van der Waals surface area (Å²) in [5.41, 5.74) is 0.862. The average molecular weight is 316 g/mol. The van der Waals surface area contributed by atoms with E-state index in [4.69, 9.17) is 9.47 Å². The maximum absolute atomic E-state index is 12.3. The van der Waals surface area contributed by atoms with Gasteiger partial charge in [0.15, 0.2) is 5.70 Å². The van der Waals surface area contributed by atoms with E-state index in [1.54, 1.807) is 5.01 Å². The van der Waals surface area contributed by atoms with Gasteiger partial charge < -0.3 is 9.47 Å². The number of hydrazine groups is 1. The molecule has 1 aromatic carbocycles. The third-order valence-corrected chi connectivity index (χ3v) is 3.99. The van der Waals surface area contributed by atoms with Gasteiger partial charge in [-0.25, -0.2) is 19.6 Å². The summed E-state index contributed by atoms with van der Waals surface area (Å²) < 4.78 is 9.62. The van der Waals surface area contributed by atoms with Crippen LogP contribution in [0.2, 0.25) is 0 Å². The lowest BCUT2D eigenvalue weighted by atomic mass is 9.97. The van der Waals surface area contributed by atoms with Crippen molar-refractivity contribution in [2.75, 3.05) is 20.8 Å². The molecule has 0 aromatic heterocycles. The Bertz CT molecular complexity index is 698. The number of nitrogens with zero attached hydrogens (tertiary/aromatic N) is 2. The van der Waals surface area contributed by atoms with Gasteiger partial charge in [0.25, 0.3) is 0 Å². The Hall–Kier alpha value is -2.67. The molecule has 120 valence electrons. The SMILES string of the molecule is COC(=O)C1=C(C(=O)OC)N2C(=O)CCN2C1c1ccccc1. The molecular weight excluding hydrogens is 300 g/mol. The van der Waals surface area contributed by atoms with Crippen molar-refractivity contribution in [2.45, 2.75) is 12.5 Å². The molecule has 2 heterocycles. The highest BCUT2D eigenvalue weighted by Crippen LogP contribution is 2.43. The summed E-state index contributed by atoms with van der Waals surface area (Å²) in [6.45, 7) is 0.416. The molecule has 0 bridgehead atoms. The number of methoxy groups -OCH3 is 2. The minimum Gasteiger partial charge on any atom is -0.466 e. The minimum atomic E-state index is -0.732. The van der Waals surface area contributed by atoms with Crippen LogP contribution in [0.25, 0.3) is 0 Å². The molecule has 2 aliphatic heterocycles. The van der Waals surface area contributed by atoms with Crippen LogP contribution in [0.3, 0.4) is 0 Å². The molecule has 0 radical (unpaired) electrons. The van der Waals surface area contributed by atoms with Crippen molar-refractivity contribution < 1.29 is 23.9 Å². The second kappa shape index (κ2) is 5.85. The molecule has 1 saturated heterocycles. The molecular formula is C16H16N2O5. The zero-order valence-electron chi connectivity index (χ0n) is 12.8. The first-order valence-corrected chi connectivity index (χ1v) is 7.15. The van der Waals surface area contributed by atoms with Crippen molar-refractivity contribution in [1.82, 2.24) is 10.0 Å². The molecule has 3 rings (SSSR count). The average Bonchev–Trinajstić information content (AvgIpc) is 3.12. The van der Waals surface area contributed by atoms with Crippen molar-refractivity contribution >= 4 is 17.8 Å². The molecule has 1 fully saturated rings. The highest BCUT2D eigenvalue weighted by Gasteiger charge is 2.51. The highest BCUT2D eigenvalue weighted by atomic mass is 16.5. The molecule has 23 heavy (non-hydrogen) atoms. The molecule has 0 N–H and O–H groups in total. The van der Waals surface area contributed by atoms with Gasteiger partial charge in [0, 0.05) is 13.0 Å². The number of esters is 2. The molecule has 0 aliphatic carbocycles. The molecule has 1 atom stereocenters. The van der Waals surface area contributed by atoms with E-state index in [0.29, 0.717) is 6.54 Å². The van der Waals surface area contributed by atoms with E-state index >= 15 is 0 Å². The molecule has 1 aromatic rings. The zero-order chi connectivity index (χ0) is 16.6. The van der Waals surface area contributed by atoms with Crippen molar-refractivity contribution in [3.63, 3.8) is 0 Å². The lowest BCUT2D eigenvalue weighted by molar-refractivity contribution is -0.145. The predicted molar refractivity (Wildman–Crippen MR) is 78.4 cm³/mol. The zero-order valence-corrected chi connectivity index (χ0v) is 12.8. The number of hydrogen-bond donors (Lipinski definition) is 0. The van der Waals surface area contributed by atoms with Crippen LogP contribution in [0.4, 0.5) is 0 Å². The first-order chi connectivity index (χ1) is 11.1. The van der Waals surface area contributed by atoms with Crippen molar-refractivity contribution in [3.05, 3.63) is 47.2 Å². The van der Waals surface area contributed by atoms with Gasteiger partial charge in [0.05, 0.1) is 25.8 Å². The Morgan fingerprint density at radius 1 is 1.09 bits per heavy atom. The second-order valence-electron chi connectivity index (χ2n) is 5.18. The standard InChI is InChI=1S/C16H16N2O5/c1-22-15(20)12-13(10-6-4-3-5-7-10)17-9-8-11(19)18(17)14(12)16(21)23-2/h3-7,13H,8-9H2,1-2H3. The van der Waals surface area contributed by atoms with Gasteiger partial charge in [-0.3, -0.25) is 4.79 Å². The lowest BCUT2D eigenvalue weighted by Gasteiger charge is -2.26. The first kappa shape index (κ1) is 15.2. The van der Waals surface area contributed by atoms with Gasteiger partial charge >= 0.3 is 11.9 Å². The van der Waals surface area contributed by atoms with E-state index in [1.807, 2.05) is 30.3 Å². The van der Waals surface area contributed by atoms with E-state index < -0.39 is 18.0 Å². The number of hydrogen-bond acceptors (Lipinski definition) is 6. The van der Waals surface area contributed by atoms with Crippen molar-refractivity contribution in [2.24, 2.45) is 0 Å². The second-order valence-corrected chi connectivity index (χ2v) is 5.18. The van der Waals surface area contributed by atoms with Crippen LogP contribution in [-0.2, 0) is 23.9 Å². The number of rotatable bonds is 3. The van der Waals surface area contributed by atoms with E-state index in [1.165, 1.54) is 19.2 Å². The fraction of sp³-hybridized carbons (Fsp3) is 0.312. The number of amides is 1. The normalized spacial score (nSPS) is 20.7. The van der Waals surface area contributed by atoms with Crippen LogP contribution in [0.5, 0.6) is 0 Å². The van der Waals surface area contributed by atoms with Gasteiger partial charge in [-0.05, 0) is 5.56 Å². The summed E-state index contributed by atoms with van der Waals surface area (Å²) in [6.07, 6.45) is 0.276. The molecule has 7 nitrogen and oxygen atoms in total. The maximum Gasteiger partial charge on any atom is 0.356 e. The van der Waals surface area contributed by atoms with Crippen LogP contribution < -0.4 is 0 Å². The monoisotopic (exact) mass is 316 g/mol. The van der Waals surface area contributed by atoms with Crippen molar-refractivity contribution in [1.29, 1.82) is 0 Å². The quantitative estimate of drug-likeness (QED) is 0.768. The van der Waals surface area contributed by atoms with Gasteiger partial charge in [-0.2, -0.15) is 0 Å². The number of benzene rings is 1. The van der Waals surface area contributed by atoms with E-state index in [0.717, 1.165) is 5.56 Å². The highest BCUT2D eigenvalue weighted by molar-refractivity contribution is 6.05. The van der Waals surface area contributed by atoms with E-state index in [2.05, 4.69) is 0 Å². The molecule has 2 aliphatic rings. The Morgan fingerprint density at radius 3 is 2.35 bits per heavy atom. The summed E-state index contributed by atoms with van der Waals surface area (Å²) in [7, 11) is 2.46.